The van der Waals surface area contributed by atoms with Crippen LogP contribution in [-0.2, 0) is 4.79 Å². The molecule has 0 saturated carbocycles. The summed E-state index contributed by atoms with van der Waals surface area (Å²) in [4.78, 5) is 16.1. The quantitative estimate of drug-likeness (QED) is 0.223. The number of hydrogen-bond acceptors (Lipinski definition) is 4. The number of amidine groups is 1. The molecule has 0 unspecified atom stereocenters. The topological polar surface area (TPSA) is 82.2 Å². The smallest absolute Gasteiger partial charge is 0.222 e. The van der Waals surface area contributed by atoms with Gasteiger partial charge in [0.1, 0.15) is 0 Å². The zero-order valence-electron chi connectivity index (χ0n) is 13.3. The summed E-state index contributed by atoms with van der Waals surface area (Å²) in [5.74, 6) is 0.496. The predicted octanol–water partition coefficient (Wildman–Crippen LogP) is 1.63. The number of hydrogen-bond donors (Lipinski definition) is 2. The fraction of sp³-hybridized carbons (Fsp3) is 0.867. The van der Waals surface area contributed by atoms with E-state index in [1.165, 1.54) is 25.7 Å². The van der Waals surface area contributed by atoms with E-state index in [2.05, 4.69) is 17.0 Å². The van der Waals surface area contributed by atoms with Gasteiger partial charge in [-0.25, -0.2) is 0 Å². The summed E-state index contributed by atoms with van der Waals surface area (Å²) in [6, 6.07) is 0. The van der Waals surface area contributed by atoms with Gasteiger partial charge >= 0.3 is 0 Å². The molecule has 0 aromatic rings. The first kappa shape index (κ1) is 17.8. The fourth-order valence-corrected chi connectivity index (χ4v) is 2.63. The first-order valence-electron chi connectivity index (χ1n) is 8.14. The first-order chi connectivity index (χ1) is 10.2. The Labute approximate surface area is 128 Å². The molecule has 0 radical (unpaired) electrons. The third-order valence-corrected chi connectivity index (χ3v) is 3.98. The van der Waals surface area contributed by atoms with E-state index < -0.39 is 0 Å². The van der Waals surface area contributed by atoms with Gasteiger partial charge in [-0.2, -0.15) is 0 Å². The van der Waals surface area contributed by atoms with Crippen LogP contribution in [0.4, 0.5) is 0 Å². The summed E-state index contributed by atoms with van der Waals surface area (Å²) < 4.78 is 0. The van der Waals surface area contributed by atoms with Gasteiger partial charge < -0.3 is 15.8 Å². The number of carbonyl (C=O) groups excluding carboxylic acids is 1. The maximum absolute atomic E-state index is 12.1. The molecular formula is C15H30N4O2. The Morgan fingerprint density at radius 3 is 2.33 bits per heavy atom. The van der Waals surface area contributed by atoms with E-state index in [4.69, 9.17) is 10.9 Å². The molecule has 0 aromatic heterocycles. The Balaban J connectivity index is 2.11. The third-order valence-electron chi connectivity index (χ3n) is 3.98. The lowest BCUT2D eigenvalue weighted by molar-refractivity contribution is -0.132. The van der Waals surface area contributed by atoms with Gasteiger partial charge in [0.2, 0.25) is 5.91 Å². The average molecular weight is 298 g/mol. The third kappa shape index (κ3) is 7.32. The van der Waals surface area contributed by atoms with Crippen molar-refractivity contribution in [3.63, 3.8) is 0 Å². The van der Waals surface area contributed by atoms with Crippen LogP contribution in [-0.4, -0.2) is 59.5 Å². The summed E-state index contributed by atoms with van der Waals surface area (Å²) >= 11 is 0. The second kappa shape index (κ2) is 10.4. The van der Waals surface area contributed by atoms with E-state index in [1.54, 1.807) is 0 Å². The molecule has 0 aromatic carbocycles. The van der Waals surface area contributed by atoms with Gasteiger partial charge in [0, 0.05) is 32.6 Å². The van der Waals surface area contributed by atoms with Crippen molar-refractivity contribution in [1.29, 1.82) is 0 Å². The molecule has 0 spiro atoms. The van der Waals surface area contributed by atoms with Crippen molar-refractivity contribution < 1.29 is 10.0 Å². The van der Waals surface area contributed by atoms with Crippen molar-refractivity contribution in [3.05, 3.63) is 0 Å². The lowest BCUT2D eigenvalue weighted by Crippen LogP contribution is -2.50. The van der Waals surface area contributed by atoms with E-state index in [-0.39, 0.29) is 11.7 Å². The van der Waals surface area contributed by atoms with Crippen LogP contribution in [0.1, 0.15) is 51.9 Å². The second-order valence-electron chi connectivity index (χ2n) is 5.77. The molecule has 1 saturated heterocycles. The minimum absolute atomic E-state index is 0.224. The van der Waals surface area contributed by atoms with Crippen molar-refractivity contribution in [1.82, 2.24) is 9.80 Å². The van der Waals surface area contributed by atoms with Gasteiger partial charge in [-0.3, -0.25) is 9.69 Å². The van der Waals surface area contributed by atoms with Crippen LogP contribution in [0.25, 0.3) is 0 Å². The molecule has 122 valence electrons. The van der Waals surface area contributed by atoms with E-state index in [9.17, 15) is 4.79 Å². The molecule has 1 rings (SSSR count). The van der Waals surface area contributed by atoms with Crippen molar-refractivity contribution in [2.75, 3.05) is 32.7 Å². The molecule has 1 heterocycles. The minimum atomic E-state index is 0.224. The van der Waals surface area contributed by atoms with E-state index in [0.29, 0.717) is 13.0 Å². The molecule has 1 amide bonds. The van der Waals surface area contributed by atoms with Gasteiger partial charge in [-0.1, -0.05) is 44.2 Å². The average Bonchev–Trinajstić information content (AvgIpc) is 2.51. The summed E-state index contributed by atoms with van der Waals surface area (Å²) in [7, 11) is 0. The lowest BCUT2D eigenvalue weighted by atomic mass is 10.1. The summed E-state index contributed by atoms with van der Waals surface area (Å²) in [5, 5.41) is 11.5. The van der Waals surface area contributed by atoms with Crippen molar-refractivity contribution in [3.8, 4) is 0 Å². The zero-order chi connectivity index (χ0) is 15.5. The van der Waals surface area contributed by atoms with Crippen LogP contribution in [0.3, 0.4) is 0 Å². The molecule has 1 aliphatic heterocycles. The van der Waals surface area contributed by atoms with Gasteiger partial charge in [-0.15, -0.1) is 0 Å². The van der Waals surface area contributed by atoms with Gasteiger partial charge in [0.25, 0.3) is 0 Å². The number of rotatable bonds is 9. The summed E-state index contributed by atoms with van der Waals surface area (Å²) in [6.07, 6.45) is 7.94. The highest BCUT2D eigenvalue weighted by atomic mass is 16.4. The molecule has 6 nitrogen and oxygen atoms in total. The van der Waals surface area contributed by atoms with E-state index in [1.807, 2.05) is 4.90 Å². The Bertz CT molecular complexity index is 326. The van der Waals surface area contributed by atoms with Crippen LogP contribution in [0.5, 0.6) is 0 Å². The number of carbonyl (C=O) groups is 1. The minimum Gasteiger partial charge on any atom is -0.409 e. The second-order valence-corrected chi connectivity index (χ2v) is 5.77. The van der Waals surface area contributed by atoms with Crippen LogP contribution < -0.4 is 5.73 Å². The fourth-order valence-electron chi connectivity index (χ4n) is 2.63. The molecule has 1 fully saturated rings. The number of nitrogens with zero attached hydrogens (tertiary/aromatic N) is 3. The monoisotopic (exact) mass is 298 g/mol. The highest BCUT2D eigenvalue weighted by Crippen LogP contribution is 2.10. The molecule has 0 aliphatic carbocycles. The Kier molecular flexibility index (Phi) is 8.82. The number of amides is 1. The van der Waals surface area contributed by atoms with Crippen LogP contribution >= 0.6 is 0 Å². The number of oxime groups is 1. The number of nitrogens with two attached hydrogens (primary N) is 1. The van der Waals surface area contributed by atoms with E-state index >= 15 is 0 Å². The first-order valence-corrected chi connectivity index (χ1v) is 8.14. The highest BCUT2D eigenvalue weighted by molar-refractivity contribution is 5.81. The molecule has 21 heavy (non-hydrogen) atoms. The maximum Gasteiger partial charge on any atom is 0.222 e. The van der Waals surface area contributed by atoms with Gasteiger partial charge in [-0.05, 0) is 6.42 Å². The molecular weight excluding hydrogens is 268 g/mol. The van der Waals surface area contributed by atoms with Crippen LogP contribution in [0, 0.1) is 0 Å². The van der Waals surface area contributed by atoms with Crippen LogP contribution in [0.2, 0.25) is 0 Å². The van der Waals surface area contributed by atoms with E-state index in [0.717, 1.165) is 39.0 Å². The van der Waals surface area contributed by atoms with Gasteiger partial charge in [0.15, 0.2) is 5.84 Å². The Morgan fingerprint density at radius 1 is 1.10 bits per heavy atom. The summed E-state index contributed by atoms with van der Waals surface area (Å²) in [6.45, 7) is 5.75. The number of unbranched alkanes of at least 4 members (excludes halogenated alkanes) is 5. The number of piperazine rings is 1. The van der Waals surface area contributed by atoms with Crippen molar-refractivity contribution >= 4 is 11.7 Å². The van der Waals surface area contributed by atoms with Gasteiger partial charge in [0.05, 0.1) is 6.54 Å². The molecule has 3 N–H and O–H groups in total. The summed E-state index contributed by atoms with van der Waals surface area (Å²) in [5.41, 5.74) is 5.49. The highest BCUT2D eigenvalue weighted by Gasteiger charge is 2.20. The van der Waals surface area contributed by atoms with Crippen molar-refractivity contribution in [2.45, 2.75) is 51.9 Å². The lowest BCUT2D eigenvalue weighted by Gasteiger charge is -2.34. The Morgan fingerprint density at radius 2 is 1.71 bits per heavy atom. The van der Waals surface area contributed by atoms with Crippen molar-refractivity contribution in [2.24, 2.45) is 10.9 Å². The Hall–Kier alpha value is -1.30. The largest absolute Gasteiger partial charge is 0.409 e. The zero-order valence-corrected chi connectivity index (χ0v) is 13.3. The van der Waals surface area contributed by atoms with Crippen LogP contribution in [0.15, 0.2) is 5.16 Å². The molecule has 0 atom stereocenters. The molecule has 1 aliphatic rings. The molecule has 0 bridgehead atoms. The maximum atomic E-state index is 12.1. The SMILES string of the molecule is CCCCCCCCC(=O)N1CCN(CC(N)=NO)CC1. The normalized spacial score (nSPS) is 17.2. The predicted molar refractivity (Wildman–Crippen MR) is 84.4 cm³/mol. The molecule has 6 heteroatoms. The standard InChI is InChI=1S/C15H30N4O2/c1-2-3-4-5-6-7-8-15(20)19-11-9-18(10-12-19)13-14(16)17-21/h21H,2-13H2,1H3,(H2,16,17).